The molecule has 3 N–H and O–H groups in total. The third-order valence-electron chi connectivity index (χ3n) is 6.90. The minimum atomic E-state index is -0.214. The fraction of sp³-hybridized carbons (Fsp3) is 0.200. The van der Waals surface area contributed by atoms with E-state index in [4.69, 9.17) is 9.72 Å². The highest BCUT2D eigenvalue weighted by atomic mass is 16.5. The first-order valence-electron chi connectivity index (χ1n) is 13.0. The number of amides is 1. The number of ether oxygens (including phenoxy) is 1. The van der Waals surface area contributed by atoms with Crippen molar-refractivity contribution in [2.45, 2.75) is 25.4 Å². The molecule has 1 saturated heterocycles. The van der Waals surface area contributed by atoms with Crippen LogP contribution in [-0.4, -0.2) is 38.9 Å². The number of methoxy groups -OCH3 is 1. The number of benzene rings is 2. The van der Waals surface area contributed by atoms with Gasteiger partial charge in [-0.25, -0.2) is 15.0 Å². The second-order valence-corrected chi connectivity index (χ2v) is 9.41. The Morgan fingerprint density at radius 2 is 1.90 bits per heavy atom. The van der Waals surface area contributed by atoms with Crippen molar-refractivity contribution in [3.8, 4) is 17.0 Å². The first-order chi connectivity index (χ1) is 19.2. The van der Waals surface area contributed by atoms with Crippen LogP contribution in [0.5, 0.6) is 5.75 Å². The van der Waals surface area contributed by atoms with Crippen molar-refractivity contribution in [1.29, 1.82) is 0 Å². The Morgan fingerprint density at radius 1 is 1.05 bits per heavy atom. The van der Waals surface area contributed by atoms with Crippen LogP contribution in [0.15, 0.2) is 85.3 Å². The van der Waals surface area contributed by atoms with Gasteiger partial charge in [0.2, 0.25) is 0 Å². The van der Waals surface area contributed by atoms with E-state index < -0.39 is 0 Å². The fourth-order valence-corrected chi connectivity index (χ4v) is 4.88. The molecule has 4 heterocycles. The molecule has 0 bridgehead atoms. The van der Waals surface area contributed by atoms with Gasteiger partial charge in [-0.3, -0.25) is 9.20 Å². The molecule has 5 aromatic rings. The van der Waals surface area contributed by atoms with Gasteiger partial charge in [-0.05, 0) is 61.3 Å². The van der Waals surface area contributed by atoms with E-state index in [1.165, 1.54) is 0 Å². The molecule has 9 nitrogen and oxygen atoms in total. The number of carbonyl (C=O) groups excluding carboxylic acids is 1. The summed E-state index contributed by atoms with van der Waals surface area (Å²) in [6.45, 7) is 1.58. The number of hydrogen-bond donors (Lipinski definition) is 3. The molecule has 3 aromatic heterocycles. The van der Waals surface area contributed by atoms with Crippen LogP contribution in [0.4, 0.5) is 11.6 Å². The Hall–Kier alpha value is -4.76. The molecule has 0 unspecified atom stereocenters. The van der Waals surface area contributed by atoms with Crippen molar-refractivity contribution >= 4 is 23.1 Å². The molecule has 0 saturated carbocycles. The SMILES string of the molecule is COc1ccc(CNc2nccn3c([C@@H]4CCCN4)nc(-c4ccc(C(=O)Nc5ccccn5)cc4)c23)cc1. The van der Waals surface area contributed by atoms with Gasteiger partial charge in [-0.15, -0.1) is 0 Å². The molecule has 0 spiro atoms. The topological polar surface area (TPSA) is 105 Å². The van der Waals surface area contributed by atoms with E-state index in [1.807, 2.05) is 66.9 Å². The van der Waals surface area contributed by atoms with Crippen molar-refractivity contribution in [2.24, 2.45) is 0 Å². The highest BCUT2D eigenvalue weighted by Gasteiger charge is 2.25. The van der Waals surface area contributed by atoms with E-state index in [0.717, 1.165) is 59.1 Å². The number of imidazole rings is 1. The molecule has 1 aliphatic heterocycles. The van der Waals surface area contributed by atoms with Gasteiger partial charge in [0, 0.05) is 36.3 Å². The maximum Gasteiger partial charge on any atom is 0.256 e. The van der Waals surface area contributed by atoms with Gasteiger partial charge < -0.3 is 20.7 Å². The molecule has 1 amide bonds. The number of hydrogen-bond acceptors (Lipinski definition) is 7. The Kier molecular flexibility index (Phi) is 6.88. The van der Waals surface area contributed by atoms with Gasteiger partial charge in [0.25, 0.3) is 5.91 Å². The van der Waals surface area contributed by atoms with Crippen molar-refractivity contribution in [3.63, 3.8) is 0 Å². The predicted octanol–water partition coefficient (Wildman–Crippen LogP) is 5.09. The first-order valence-corrected chi connectivity index (χ1v) is 13.0. The lowest BCUT2D eigenvalue weighted by molar-refractivity contribution is 0.102. The Bertz CT molecular complexity index is 1580. The zero-order valence-corrected chi connectivity index (χ0v) is 21.6. The minimum absolute atomic E-state index is 0.173. The van der Waals surface area contributed by atoms with Crippen LogP contribution in [0.3, 0.4) is 0 Å². The third-order valence-corrected chi connectivity index (χ3v) is 6.90. The second-order valence-electron chi connectivity index (χ2n) is 9.41. The number of fused-ring (bicyclic) bond motifs is 1. The van der Waals surface area contributed by atoms with Crippen molar-refractivity contribution in [2.75, 3.05) is 24.3 Å². The maximum absolute atomic E-state index is 12.8. The molecule has 1 fully saturated rings. The van der Waals surface area contributed by atoms with E-state index in [0.29, 0.717) is 17.9 Å². The first kappa shape index (κ1) is 24.6. The van der Waals surface area contributed by atoms with E-state index in [2.05, 4.69) is 30.3 Å². The normalized spacial score (nSPS) is 14.8. The Balaban J connectivity index is 1.33. The monoisotopic (exact) mass is 519 g/mol. The van der Waals surface area contributed by atoms with Crippen molar-refractivity contribution in [3.05, 3.63) is 102 Å². The molecular weight excluding hydrogens is 490 g/mol. The average molecular weight is 520 g/mol. The number of aromatic nitrogens is 4. The number of nitrogens with one attached hydrogen (secondary N) is 3. The number of anilines is 2. The average Bonchev–Trinajstić information content (AvgIpc) is 3.66. The van der Waals surface area contributed by atoms with Gasteiger partial charge >= 0.3 is 0 Å². The quantitative estimate of drug-likeness (QED) is 0.262. The van der Waals surface area contributed by atoms with Crippen LogP contribution >= 0.6 is 0 Å². The van der Waals surface area contributed by atoms with Crippen LogP contribution in [-0.2, 0) is 6.54 Å². The summed E-state index contributed by atoms with van der Waals surface area (Å²) in [5.74, 6) is 2.83. The van der Waals surface area contributed by atoms with E-state index >= 15 is 0 Å². The van der Waals surface area contributed by atoms with Gasteiger partial charge in [-0.2, -0.15) is 0 Å². The third kappa shape index (κ3) is 5.17. The largest absolute Gasteiger partial charge is 0.497 e. The number of pyridine rings is 1. The highest BCUT2D eigenvalue weighted by molar-refractivity contribution is 6.04. The summed E-state index contributed by atoms with van der Waals surface area (Å²) in [5, 5.41) is 9.91. The molecule has 1 aliphatic rings. The van der Waals surface area contributed by atoms with E-state index in [9.17, 15) is 4.79 Å². The molecule has 6 rings (SSSR count). The lowest BCUT2D eigenvalue weighted by Gasteiger charge is -2.11. The fourth-order valence-electron chi connectivity index (χ4n) is 4.88. The van der Waals surface area contributed by atoms with Gasteiger partial charge in [0.05, 0.1) is 13.2 Å². The van der Waals surface area contributed by atoms with Crippen molar-refractivity contribution < 1.29 is 9.53 Å². The summed E-state index contributed by atoms with van der Waals surface area (Å²) in [6, 6.07) is 21.0. The minimum Gasteiger partial charge on any atom is -0.497 e. The van der Waals surface area contributed by atoms with Crippen LogP contribution in [0.25, 0.3) is 16.8 Å². The van der Waals surface area contributed by atoms with Crippen LogP contribution in [0.1, 0.15) is 40.6 Å². The summed E-state index contributed by atoms with van der Waals surface area (Å²) < 4.78 is 7.41. The molecule has 2 aromatic carbocycles. The Morgan fingerprint density at radius 3 is 2.62 bits per heavy atom. The van der Waals surface area contributed by atoms with Crippen molar-refractivity contribution in [1.82, 2.24) is 24.7 Å². The molecule has 0 aliphatic carbocycles. The Labute approximate surface area is 226 Å². The second kappa shape index (κ2) is 10.9. The summed E-state index contributed by atoms with van der Waals surface area (Å²) >= 11 is 0. The van der Waals surface area contributed by atoms with Crippen LogP contribution < -0.4 is 20.7 Å². The zero-order valence-electron chi connectivity index (χ0n) is 21.6. The summed E-state index contributed by atoms with van der Waals surface area (Å²) in [5.41, 5.74) is 4.29. The van der Waals surface area contributed by atoms with Gasteiger partial charge in [0.15, 0.2) is 5.82 Å². The highest BCUT2D eigenvalue weighted by Crippen LogP contribution is 2.33. The number of nitrogens with zero attached hydrogens (tertiary/aromatic N) is 4. The molecule has 9 heteroatoms. The lowest BCUT2D eigenvalue weighted by atomic mass is 10.1. The summed E-state index contributed by atoms with van der Waals surface area (Å²) in [6.07, 6.45) is 7.56. The lowest BCUT2D eigenvalue weighted by Crippen LogP contribution is -2.16. The maximum atomic E-state index is 12.8. The molecule has 39 heavy (non-hydrogen) atoms. The van der Waals surface area contributed by atoms with Gasteiger partial charge in [-0.1, -0.05) is 30.3 Å². The summed E-state index contributed by atoms with van der Waals surface area (Å²) in [7, 11) is 1.66. The molecule has 1 atom stereocenters. The number of carbonyl (C=O) groups is 1. The standard InChI is InChI=1S/C30H29N7O2/c1-39-23-13-7-20(8-14-23)19-34-28-27-26(36-29(24-5-4-16-31-24)37(27)18-17-33-28)21-9-11-22(12-10-21)30(38)35-25-6-2-3-15-32-25/h2-3,6-15,17-18,24,31H,4-5,16,19H2,1H3,(H,33,34)(H,32,35,38)/t24-/m0/s1. The van der Waals surface area contributed by atoms with Crippen LogP contribution in [0, 0.1) is 0 Å². The van der Waals surface area contributed by atoms with E-state index in [1.54, 1.807) is 25.6 Å². The summed E-state index contributed by atoms with van der Waals surface area (Å²) in [4.78, 5) is 26.7. The smallest absolute Gasteiger partial charge is 0.256 e. The number of rotatable bonds is 8. The predicted molar refractivity (Wildman–Crippen MR) is 151 cm³/mol. The molecule has 0 radical (unpaired) electrons. The molecular formula is C30H29N7O2. The zero-order chi connectivity index (χ0) is 26.6. The van der Waals surface area contributed by atoms with Gasteiger partial charge in [0.1, 0.15) is 28.6 Å². The van der Waals surface area contributed by atoms with Crippen LogP contribution in [0.2, 0.25) is 0 Å². The molecule has 196 valence electrons. The van der Waals surface area contributed by atoms with E-state index in [-0.39, 0.29) is 11.9 Å².